The first-order valence-electron chi connectivity index (χ1n) is 8.28. The maximum Gasteiger partial charge on any atom is 0.251 e. The average molecular weight is 265 g/mol. The van der Waals surface area contributed by atoms with Crippen LogP contribution in [0.3, 0.4) is 0 Å². The first-order valence-corrected chi connectivity index (χ1v) is 8.28. The highest BCUT2D eigenvalue weighted by Crippen LogP contribution is 2.11. The zero-order valence-corrected chi connectivity index (χ0v) is 13.3. The molecule has 0 saturated carbocycles. The van der Waals surface area contributed by atoms with E-state index in [1.807, 2.05) is 0 Å². The number of rotatable bonds is 11. The standard InChI is InChI=1S/C17H32N2/c1-4-5-6-7-8-9-10-11-12-13-14-17-15-19(3)16(2)18-17/h15H,4-14H2,1-3H3/p+1. The molecule has 2 heteroatoms. The normalized spacial score (nSPS) is 11.1. The van der Waals surface area contributed by atoms with Crippen LogP contribution in [0.4, 0.5) is 0 Å². The van der Waals surface area contributed by atoms with E-state index in [0.717, 1.165) is 0 Å². The van der Waals surface area contributed by atoms with Gasteiger partial charge >= 0.3 is 0 Å². The number of hydrogen-bond acceptors (Lipinski definition) is 0. The summed E-state index contributed by atoms with van der Waals surface area (Å²) >= 11 is 0. The van der Waals surface area contributed by atoms with E-state index in [-0.39, 0.29) is 0 Å². The number of aromatic amines is 1. The van der Waals surface area contributed by atoms with Crippen LogP contribution < -0.4 is 4.57 Å². The van der Waals surface area contributed by atoms with Crippen molar-refractivity contribution in [2.75, 3.05) is 0 Å². The molecule has 0 bridgehead atoms. The van der Waals surface area contributed by atoms with Gasteiger partial charge in [-0.3, -0.25) is 0 Å². The Kier molecular flexibility index (Phi) is 8.61. The van der Waals surface area contributed by atoms with Crippen molar-refractivity contribution in [2.24, 2.45) is 7.05 Å². The van der Waals surface area contributed by atoms with Crippen LogP contribution >= 0.6 is 0 Å². The first-order chi connectivity index (χ1) is 9.24. The lowest BCUT2D eigenvalue weighted by Crippen LogP contribution is -2.28. The molecule has 0 unspecified atom stereocenters. The third-order valence-corrected chi connectivity index (χ3v) is 4.02. The number of imidazole rings is 1. The fourth-order valence-electron chi connectivity index (χ4n) is 2.61. The molecule has 1 aromatic heterocycles. The molecule has 0 radical (unpaired) electrons. The molecule has 1 heterocycles. The smallest absolute Gasteiger partial charge is 0.245 e. The van der Waals surface area contributed by atoms with E-state index in [2.05, 4.69) is 36.6 Å². The molecule has 0 aliphatic rings. The Bertz CT molecular complexity index is 309. The van der Waals surface area contributed by atoms with Gasteiger partial charge in [-0.05, 0) is 6.42 Å². The van der Waals surface area contributed by atoms with Crippen molar-refractivity contribution in [2.45, 2.75) is 84.5 Å². The van der Waals surface area contributed by atoms with Crippen LogP contribution in [-0.2, 0) is 13.5 Å². The van der Waals surface area contributed by atoms with Gasteiger partial charge in [-0.25, -0.2) is 9.55 Å². The molecule has 1 rings (SSSR count). The predicted molar refractivity (Wildman–Crippen MR) is 82.3 cm³/mol. The van der Waals surface area contributed by atoms with Gasteiger partial charge in [0.25, 0.3) is 5.82 Å². The fraction of sp³-hybridized carbons (Fsp3) is 0.824. The van der Waals surface area contributed by atoms with Gasteiger partial charge in [-0.1, -0.05) is 64.7 Å². The molecule has 0 fully saturated rings. The van der Waals surface area contributed by atoms with Crippen molar-refractivity contribution in [1.82, 2.24) is 4.98 Å². The van der Waals surface area contributed by atoms with Crippen LogP contribution in [0.15, 0.2) is 6.20 Å². The highest BCUT2D eigenvalue weighted by molar-refractivity contribution is 4.93. The van der Waals surface area contributed by atoms with Crippen molar-refractivity contribution in [1.29, 1.82) is 0 Å². The van der Waals surface area contributed by atoms with Crippen LogP contribution in [0.5, 0.6) is 0 Å². The van der Waals surface area contributed by atoms with Gasteiger partial charge < -0.3 is 0 Å². The van der Waals surface area contributed by atoms with Crippen molar-refractivity contribution in [3.05, 3.63) is 17.7 Å². The van der Waals surface area contributed by atoms with E-state index in [4.69, 9.17) is 0 Å². The molecule has 0 atom stereocenters. The summed E-state index contributed by atoms with van der Waals surface area (Å²) in [5.74, 6) is 1.25. The summed E-state index contributed by atoms with van der Waals surface area (Å²) in [6, 6.07) is 0. The molecule has 0 amide bonds. The third-order valence-electron chi connectivity index (χ3n) is 4.02. The number of hydrogen-bond donors (Lipinski definition) is 1. The summed E-state index contributed by atoms with van der Waals surface area (Å²) in [4.78, 5) is 3.44. The summed E-state index contributed by atoms with van der Waals surface area (Å²) in [5, 5.41) is 0. The van der Waals surface area contributed by atoms with Crippen molar-refractivity contribution >= 4 is 0 Å². The average Bonchev–Trinajstić information content (AvgIpc) is 2.71. The van der Waals surface area contributed by atoms with Crippen LogP contribution in [0, 0.1) is 6.92 Å². The molecule has 0 aliphatic heterocycles. The minimum Gasteiger partial charge on any atom is -0.245 e. The minimum atomic E-state index is 1.21. The summed E-state index contributed by atoms with van der Waals surface area (Å²) in [5.41, 5.74) is 1.39. The van der Waals surface area contributed by atoms with Gasteiger partial charge in [0.15, 0.2) is 0 Å². The van der Waals surface area contributed by atoms with Crippen molar-refractivity contribution < 1.29 is 4.57 Å². The lowest BCUT2D eigenvalue weighted by Gasteiger charge is -2.01. The molecule has 2 nitrogen and oxygen atoms in total. The summed E-state index contributed by atoms with van der Waals surface area (Å²) in [7, 11) is 2.11. The summed E-state index contributed by atoms with van der Waals surface area (Å²) < 4.78 is 2.17. The summed E-state index contributed by atoms with van der Waals surface area (Å²) in [6.45, 7) is 4.41. The number of aryl methyl sites for hydroxylation is 3. The van der Waals surface area contributed by atoms with Gasteiger partial charge in [0.05, 0.1) is 7.05 Å². The van der Waals surface area contributed by atoms with E-state index in [1.54, 1.807) is 0 Å². The molecule has 0 saturated heterocycles. The van der Waals surface area contributed by atoms with Crippen LogP contribution in [0.2, 0.25) is 0 Å². The van der Waals surface area contributed by atoms with Crippen LogP contribution in [-0.4, -0.2) is 4.98 Å². The second kappa shape index (κ2) is 10.1. The van der Waals surface area contributed by atoms with Gasteiger partial charge in [-0.2, -0.15) is 0 Å². The number of nitrogens with zero attached hydrogens (tertiary/aromatic N) is 1. The highest BCUT2D eigenvalue weighted by Gasteiger charge is 2.06. The molecule has 0 aromatic carbocycles. The highest BCUT2D eigenvalue weighted by atomic mass is 15.0. The quantitative estimate of drug-likeness (QED) is 0.445. The number of H-pyrrole nitrogens is 1. The van der Waals surface area contributed by atoms with Crippen LogP contribution in [0.25, 0.3) is 0 Å². The second-order valence-corrected chi connectivity index (χ2v) is 5.91. The predicted octanol–water partition coefficient (Wildman–Crippen LogP) is 4.61. The van der Waals surface area contributed by atoms with Gasteiger partial charge in [0, 0.05) is 13.3 Å². The number of nitrogens with one attached hydrogen (secondary N) is 1. The molecule has 0 aliphatic carbocycles. The zero-order chi connectivity index (χ0) is 13.9. The summed E-state index contributed by atoms with van der Waals surface area (Å²) in [6.07, 6.45) is 17.6. The Morgan fingerprint density at radius 3 is 1.89 bits per heavy atom. The molecule has 19 heavy (non-hydrogen) atoms. The van der Waals surface area contributed by atoms with E-state index in [9.17, 15) is 0 Å². The van der Waals surface area contributed by atoms with Gasteiger partial charge in [-0.15, -0.1) is 0 Å². The zero-order valence-electron chi connectivity index (χ0n) is 13.3. The van der Waals surface area contributed by atoms with Gasteiger partial charge in [0.2, 0.25) is 0 Å². The Labute approximate surface area is 119 Å². The molecule has 110 valence electrons. The Hall–Kier alpha value is -0.790. The lowest BCUT2D eigenvalue weighted by molar-refractivity contribution is -0.676. The second-order valence-electron chi connectivity index (χ2n) is 5.91. The minimum absolute atomic E-state index is 1.21. The lowest BCUT2D eigenvalue weighted by atomic mass is 10.1. The van der Waals surface area contributed by atoms with E-state index < -0.39 is 0 Å². The Balaban J connectivity index is 1.88. The maximum absolute atomic E-state index is 3.44. The topological polar surface area (TPSA) is 19.7 Å². The Morgan fingerprint density at radius 2 is 1.42 bits per heavy atom. The molecular formula is C17H33N2+. The van der Waals surface area contributed by atoms with Crippen LogP contribution in [0.1, 0.15) is 82.7 Å². The molecular weight excluding hydrogens is 232 g/mol. The van der Waals surface area contributed by atoms with E-state index >= 15 is 0 Å². The molecule has 0 spiro atoms. The SMILES string of the molecule is CCCCCCCCCCCCc1c[n+](C)c(C)[nH]1. The van der Waals surface area contributed by atoms with E-state index in [0.29, 0.717) is 0 Å². The fourth-order valence-corrected chi connectivity index (χ4v) is 2.61. The molecule has 1 aromatic rings. The van der Waals surface area contributed by atoms with E-state index in [1.165, 1.54) is 82.1 Å². The van der Waals surface area contributed by atoms with Crippen molar-refractivity contribution in [3.63, 3.8) is 0 Å². The van der Waals surface area contributed by atoms with Gasteiger partial charge in [0.1, 0.15) is 11.9 Å². The number of unbranched alkanes of at least 4 members (excludes halogenated alkanes) is 9. The first kappa shape index (κ1) is 16.3. The molecule has 1 N–H and O–H groups in total. The Morgan fingerprint density at radius 1 is 0.895 bits per heavy atom. The largest absolute Gasteiger partial charge is 0.251 e. The van der Waals surface area contributed by atoms with Crippen molar-refractivity contribution in [3.8, 4) is 0 Å². The number of aromatic nitrogens is 2. The maximum atomic E-state index is 3.44. The monoisotopic (exact) mass is 265 g/mol. The third kappa shape index (κ3) is 7.39.